The van der Waals surface area contributed by atoms with Crippen LogP contribution in [0.3, 0.4) is 0 Å². The molecule has 114 valence electrons. The lowest BCUT2D eigenvalue weighted by Gasteiger charge is -2.05. The number of aryl methyl sites for hydroxylation is 2. The summed E-state index contributed by atoms with van der Waals surface area (Å²) in [5, 5.41) is 18.8. The van der Waals surface area contributed by atoms with Gasteiger partial charge in [0.1, 0.15) is 22.5 Å². The first kappa shape index (κ1) is 14.9. The maximum absolute atomic E-state index is 12.1. The Morgan fingerprint density at radius 1 is 1.09 bits per heavy atom. The molecular weight excluding hydrogens is 290 g/mol. The van der Waals surface area contributed by atoms with Gasteiger partial charge in [0, 0.05) is 12.5 Å². The van der Waals surface area contributed by atoms with Gasteiger partial charge in [-0.05, 0) is 42.7 Å². The van der Waals surface area contributed by atoms with Crippen LogP contribution in [0.5, 0.6) is 5.75 Å². The third-order valence-electron chi connectivity index (χ3n) is 3.73. The second kappa shape index (κ2) is 6.37. The molecule has 4 heteroatoms. The second-order valence-corrected chi connectivity index (χ2v) is 5.39. The summed E-state index contributed by atoms with van der Waals surface area (Å²) in [6, 6.07) is 15.9. The Morgan fingerprint density at radius 2 is 1.91 bits per heavy atom. The van der Waals surface area contributed by atoms with Crippen molar-refractivity contribution >= 4 is 11.0 Å². The number of benzene rings is 2. The van der Waals surface area contributed by atoms with E-state index in [0.29, 0.717) is 23.3 Å². The molecule has 0 aliphatic carbocycles. The molecule has 0 unspecified atom stereocenters. The number of phenols is 1. The van der Waals surface area contributed by atoms with Crippen LogP contribution in [0.25, 0.3) is 11.0 Å². The fourth-order valence-electron chi connectivity index (χ4n) is 2.63. The maximum Gasteiger partial charge on any atom is 0.196 e. The largest absolute Gasteiger partial charge is 0.507 e. The molecule has 1 aromatic heterocycles. The number of rotatable bonds is 4. The highest BCUT2D eigenvalue weighted by molar-refractivity contribution is 5.82. The van der Waals surface area contributed by atoms with Crippen LogP contribution in [-0.2, 0) is 12.8 Å². The van der Waals surface area contributed by atoms with E-state index in [1.807, 2.05) is 18.2 Å². The Morgan fingerprint density at radius 3 is 2.74 bits per heavy atom. The number of nitriles is 1. The fraction of sp³-hybridized carbons (Fsp3) is 0.158. The molecule has 0 aliphatic heterocycles. The zero-order chi connectivity index (χ0) is 16.2. The molecule has 0 aliphatic rings. The molecule has 0 spiro atoms. The third kappa shape index (κ3) is 3.24. The normalized spacial score (nSPS) is 10.6. The molecule has 0 saturated carbocycles. The predicted octanol–water partition coefficient (Wildman–Crippen LogP) is 3.55. The van der Waals surface area contributed by atoms with Gasteiger partial charge in [-0.1, -0.05) is 18.2 Å². The van der Waals surface area contributed by atoms with Gasteiger partial charge in [0.15, 0.2) is 5.43 Å². The molecule has 3 rings (SSSR count). The summed E-state index contributed by atoms with van der Waals surface area (Å²) in [6.07, 6.45) is 2.23. The Bertz CT molecular complexity index is 951. The van der Waals surface area contributed by atoms with Gasteiger partial charge in [0.2, 0.25) is 0 Å². The summed E-state index contributed by atoms with van der Waals surface area (Å²) in [6.45, 7) is 0. The number of aromatic hydroxyl groups is 1. The average molecular weight is 305 g/mol. The quantitative estimate of drug-likeness (QED) is 0.800. The van der Waals surface area contributed by atoms with E-state index in [0.717, 1.165) is 18.4 Å². The average Bonchev–Trinajstić information content (AvgIpc) is 2.55. The molecule has 1 N–H and O–H groups in total. The lowest BCUT2D eigenvalue weighted by Crippen LogP contribution is -2.03. The molecule has 0 fully saturated rings. The van der Waals surface area contributed by atoms with Crippen molar-refractivity contribution in [3.8, 4) is 11.8 Å². The zero-order valence-electron chi connectivity index (χ0n) is 12.5. The summed E-state index contributed by atoms with van der Waals surface area (Å²) in [4.78, 5) is 12.1. The molecule has 0 saturated heterocycles. The topological polar surface area (TPSA) is 74.2 Å². The number of fused-ring (bicyclic) bond motifs is 1. The standard InChI is InChI=1S/C19H15NO3/c20-12-14-6-1-4-13(10-14)5-2-7-15-11-17(22)19-16(21)8-3-9-18(19)23-15/h1,3-4,6,8-11,21H,2,5,7H2. The van der Waals surface area contributed by atoms with Crippen LogP contribution in [0.4, 0.5) is 0 Å². The van der Waals surface area contributed by atoms with Gasteiger partial charge in [-0.25, -0.2) is 0 Å². The summed E-state index contributed by atoms with van der Waals surface area (Å²) in [5.41, 5.74) is 1.91. The number of nitrogens with zero attached hydrogens (tertiary/aromatic N) is 1. The van der Waals surface area contributed by atoms with Gasteiger partial charge in [-0.2, -0.15) is 5.26 Å². The van der Waals surface area contributed by atoms with Gasteiger partial charge in [0.05, 0.1) is 11.6 Å². The molecule has 3 aromatic rings. The molecule has 0 radical (unpaired) electrons. The van der Waals surface area contributed by atoms with E-state index in [4.69, 9.17) is 9.68 Å². The second-order valence-electron chi connectivity index (χ2n) is 5.39. The lowest BCUT2D eigenvalue weighted by molar-refractivity contribution is 0.477. The van der Waals surface area contributed by atoms with Crippen molar-refractivity contribution in [3.05, 3.63) is 75.6 Å². The van der Waals surface area contributed by atoms with Gasteiger partial charge >= 0.3 is 0 Å². The number of phenolic OH excluding ortho intramolecular Hbond substituents is 1. The van der Waals surface area contributed by atoms with Crippen LogP contribution >= 0.6 is 0 Å². The lowest BCUT2D eigenvalue weighted by atomic mass is 10.0. The smallest absolute Gasteiger partial charge is 0.196 e. The summed E-state index contributed by atoms with van der Waals surface area (Å²) >= 11 is 0. The molecule has 23 heavy (non-hydrogen) atoms. The summed E-state index contributed by atoms with van der Waals surface area (Å²) in [5.74, 6) is 0.542. The minimum absolute atomic E-state index is 0.0591. The van der Waals surface area contributed by atoms with Crippen LogP contribution in [0, 0.1) is 11.3 Å². The fourth-order valence-corrected chi connectivity index (χ4v) is 2.63. The monoisotopic (exact) mass is 305 g/mol. The van der Waals surface area contributed by atoms with Crippen molar-refractivity contribution in [2.75, 3.05) is 0 Å². The van der Waals surface area contributed by atoms with Crippen LogP contribution in [-0.4, -0.2) is 5.11 Å². The van der Waals surface area contributed by atoms with E-state index in [1.54, 1.807) is 18.2 Å². The number of hydrogen-bond donors (Lipinski definition) is 1. The predicted molar refractivity (Wildman–Crippen MR) is 87.3 cm³/mol. The van der Waals surface area contributed by atoms with E-state index in [-0.39, 0.29) is 16.6 Å². The van der Waals surface area contributed by atoms with Crippen molar-refractivity contribution in [3.63, 3.8) is 0 Å². The Kier molecular flexibility index (Phi) is 4.11. The van der Waals surface area contributed by atoms with Gasteiger partial charge < -0.3 is 9.52 Å². The van der Waals surface area contributed by atoms with E-state index >= 15 is 0 Å². The molecular formula is C19H15NO3. The first-order valence-corrected chi connectivity index (χ1v) is 7.41. The Hall–Kier alpha value is -3.06. The van der Waals surface area contributed by atoms with Crippen LogP contribution in [0.1, 0.15) is 23.3 Å². The van der Waals surface area contributed by atoms with Gasteiger partial charge in [-0.3, -0.25) is 4.79 Å². The molecule has 0 atom stereocenters. The van der Waals surface area contributed by atoms with Gasteiger partial charge in [-0.15, -0.1) is 0 Å². The Balaban J connectivity index is 1.75. The van der Waals surface area contributed by atoms with E-state index in [2.05, 4.69) is 6.07 Å². The Labute approximate surface area is 133 Å². The maximum atomic E-state index is 12.1. The first-order chi connectivity index (χ1) is 11.2. The number of hydrogen-bond acceptors (Lipinski definition) is 4. The van der Waals surface area contributed by atoms with Crippen molar-refractivity contribution in [1.82, 2.24) is 0 Å². The molecule has 4 nitrogen and oxygen atoms in total. The SMILES string of the molecule is N#Cc1cccc(CCCc2cc(=O)c3c(O)cccc3o2)c1. The van der Waals surface area contributed by atoms with Crippen molar-refractivity contribution in [1.29, 1.82) is 5.26 Å². The van der Waals surface area contributed by atoms with Crippen molar-refractivity contribution in [2.45, 2.75) is 19.3 Å². The molecule has 1 heterocycles. The van der Waals surface area contributed by atoms with Crippen LogP contribution < -0.4 is 5.43 Å². The summed E-state index contributed by atoms with van der Waals surface area (Å²) in [7, 11) is 0. The molecule has 2 aromatic carbocycles. The summed E-state index contributed by atoms with van der Waals surface area (Å²) < 4.78 is 5.69. The van der Waals surface area contributed by atoms with Crippen molar-refractivity contribution < 1.29 is 9.52 Å². The van der Waals surface area contributed by atoms with E-state index in [1.165, 1.54) is 12.1 Å². The van der Waals surface area contributed by atoms with E-state index in [9.17, 15) is 9.90 Å². The van der Waals surface area contributed by atoms with Crippen molar-refractivity contribution in [2.24, 2.45) is 0 Å². The highest BCUT2D eigenvalue weighted by Gasteiger charge is 2.08. The first-order valence-electron chi connectivity index (χ1n) is 7.41. The minimum Gasteiger partial charge on any atom is -0.507 e. The molecule has 0 amide bonds. The molecule has 0 bridgehead atoms. The zero-order valence-corrected chi connectivity index (χ0v) is 12.5. The van der Waals surface area contributed by atoms with Gasteiger partial charge in [0.25, 0.3) is 0 Å². The van der Waals surface area contributed by atoms with Crippen LogP contribution in [0.15, 0.2) is 57.7 Å². The van der Waals surface area contributed by atoms with E-state index < -0.39 is 0 Å². The van der Waals surface area contributed by atoms with Crippen LogP contribution in [0.2, 0.25) is 0 Å². The highest BCUT2D eigenvalue weighted by atomic mass is 16.3. The minimum atomic E-state index is -0.231. The highest BCUT2D eigenvalue weighted by Crippen LogP contribution is 2.22. The third-order valence-corrected chi connectivity index (χ3v) is 3.73.